The van der Waals surface area contributed by atoms with E-state index in [0.29, 0.717) is 35.1 Å². The summed E-state index contributed by atoms with van der Waals surface area (Å²) in [6.45, 7) is 2.61. The molecule has 3 aromatic carbocycles. The molecule has 1 aliphatic carbocycles. The summed E-state index contributed by atoms with van der Waals surface area (Å²) in [5.74, 6) is -4.60. The lowest BCUT2D eigenvalue weighted by molar-refractivity contribution is -0.193. The molecule has 286 valence electrons. The van der Waals surface area contributed by atoms with Crippen molar-refractivity contribution in [2.75, 3.05) is 11.5 Å². The molecule has 1 heterocycles. The van der Waals surface area contributed by atoms with Gasteiger partial charge in [0.05, 0.1) is 30.6 Å². The smallest absolute Gasteiger partial charge is 0.490 e. The topological polar surface area (TPSA) is 175 Å². The van der Waals surface area contributed by atoms with Crippen LogP contribution < -0.4 is 20.1 Å². The van der Waals surface area contributed by atoms with Gasteiger partial charge in [0.2, 0.25) is 0 Å². The summed E-state index contributed by atoms with van der Waals surface area (Å²) in [5, 5.41) is 22.0. The zero-order valence-electron chi connectivity index (χ0n) is 28.1. The molecule has 0 spiro atoms. The molecule has 0 atom stereocenters. The Kier molecular flexibility index (Phi) is 14.6. The van der Waals surface area contributed by atoms with Crippen molar-refractivity contribution in [1.82, 2.24) is 9.97 Å². The maximum Gasteiger partial charge on any atom is 0.490 e. The van der Waals surface area contributed by atoms with E-state index in [2.05, 4.69) is 4.98 Å². The number of amidine groups is 1. The Hall–Kier alpha value is -5.81. The zero-order chi connectivity index (χ0) is 39.3. The molecule has 0 radical (unpaired) electrons. The number of aromatic nitrogens is 2. The molecule has 18 heteroatoms. The number of nitrogens with one attached hydrogen (secondary N) is 2. The van der Waals surface area contributed by atoms with Gasteiger partial charge in [0.1, 0.15) is 17.4 Å². The van der Waals surface area contributed by atoms with E-state index in [4.69, 9.17) is 45.4 Å². The largest absolute Gasteiger partial charge is 0.494 e. The Morgan fingerprint density at radius 1 is 0.943 bits per heavy atom. The van der Waals surface area contributed by atoms with Gasteiger partial charge in [0.15, 0.2) is 11.6 Å². The highest BCUT2D eigenvalue weighted by Crippen LogP contribution is 2.39. The molecule has 1 aliphatic rings. The van der Waals surface area contributed by atoms with Crippen LogP contribution in [0.5, 0.6) is 11.5 Å². The third-order valence-electron chi connectivity index (χ3n) is 7.42. The van der Waals surface area contributed by atoms with E-state index in [1.54, 1.807) is 24.3 Å². The highest BCUT2D eigenvalue weighted by atomic mass is 19.4. The van der Waals surface area contributed by atoms with Crippen LogP contribution in [0.2, 0.25) is 0 Å². The Balaban J connectivity index is 0.000000458. The quantitative estimate of drug-likeness (QED) is 0.0607. The number of nitrogen functional groups attached to an aromatic ring is 1. The van der Waals surface area contributed by atoms with Crippen LogP contribution in [0.4, 0.5) is 42.1 Å². The summed E-state index contributed by atoms with van der Waals surface area (Å²) in [5.41, 5.74) is 9.11. The van der Waals surface area contributed by atoms with E-state index in [-0.39, 0.29) is 24.2 Å². The van der Waals surface area contributed by atoms with Crippen molar-refractivity contribution >= 4 is 29.1 Å². The number of carboxylic acids is 2. The van der Waals surface area contributed by atoms with Gasteiger partial charge in [-0.05, 0) is 56.9 Å². The van der Waals surface area contributed by atoms with Gasteiger partial charge in [-0.1, -0.05) is 36.8 Å². The van der Waals surface area contributed by atoms with Crippen molar-refractivity contribution in [2.45, 2.75) is 64.0 Å². The number of nitrogens with two attached hydrogens (primary N) is 1. The summed E-state index contributed by atoms with van der Waals surface area (Å²) in [6, 6.07) is 20.4. The number of imidazole rings is 1. The number of aliphatic carboxylic acids is 2. The fourth-order valence-corrected chi connectivity index (χ4v) is 4.94. The van der Waals surface area contributed by atoms with E-state index in [0.717, 1.165) is 36.9 Å². The molecule has 0 saturated heterocycles. The molecular formula is C35H36F7N5O6. The SMILES string of the molecule is CCOc1cc(OC2CCCCC2)c(F)c(N(Cc2nc(-c3ccccc3)c[nH]2)c2ccc(C(=N)N)cc2)c1.O=C(O)C(F)(F)F.O=C(O)C(F)(F)F. The minimum atomic E-state index is -5.08. The van der Waals surface area contributed by atoms with E-state index < -0.39 is 30.1 Å². The molecule has 1 fully saturated rings. The fourth-order valence-electron chi connectivity index (χ4n) is 4.94. The van der Waals surface area contributed by atoms with Gasteiger partial charge in [0, 0.05) is 35.1 Å². The Morgan fingerprint density at radius 2 is 1.51 bits per heavy atom. The monoisotopic (exact) mass is 755 g/mol. The van der Waals surface area contributed by atoms with Crippen LogP contribution in [-0.2, 0) is 16.1 Å². The summed E-state index contributed by atoms with van der Waals surface area (Å²) < 4.78 is 91.8. The van der Waals surface area contributed by atoms with Crippen LogP contribution in [0.3, 0.4) is 0 Å². The number of hydrogen-bond acceptors (Lipinski definition) is 7. The molecule has 11 nitrogen and oxygen atoms in total. The minimum absolute atomic E-state index is 0.0141. The summed E-state index contributed by atoms with van der Waals surface area (Å²) in [4.78, 5) is 27.7. The highest BCUT2D eigenvalue weighted by molar-refractivity contribution is 5.95. The van der Waals surface area contributed by atoms with Crippen LogP contribution in [0.25, 0.3) is 11.3 Å². The number of hydrogen-bond donors (Lipinski definition) is 5. The van der Waals surface area contributed by atoms with Crippen LogP contribution in [-0.4, -0.2) is 63.0 Å². The summed E-state index contributed by atoms with van der Waals surface area (Å²) in [6.07, 6.45) is -3.14. The number of carbonyl (C=O) groups is 2. The second-order valence-corrected chi connectivity index (χ2v) is 11.3. The van der Waals surface area contributed by atoms with Crippen LogP contribution in [0.1, 0.15) is 50.4 Å². The van der Waals surface area contributed by atoms with Gasteiger partial charge in [-0.2, -0.15) is 26.3 Å². The standard InChI is InChI=1S/C31H34FN5O2.2C2HF3O2/c1-2-38-25-17-27(30(32)28(18-25)39-24-11-7-4-8-12-24)37(23-15-13-22(14-16-23)31(33)34)20-29-35-19-26(36-29)21-9-5-3-6-10-21;2*3-2(4,5)1(6)7/h3,5-6,9-10,13-19,24H,2,4,7-8,11-12,20H2,1H3,(H3,33,34)(H,35,36);2*(H,6,7). The third kappa shape index (κ3) is 12.7. The molecule has 5 rings (SSSR count). The van der Waals surface area contributed by atoms with Gasteiger partial charge < -0.3 is 35.3 Å². The number of carboxylic acid groups (broad SMARTS) is 2. The number of benzene rings is 3. The molecule has 1 aromatic heterocycles. The highest BCUT2D eigenvalue weighted by Gasteiger charge is 2.39. The van der Waals surface area contributed by atoms with E-state index in [1.807, 2.05) is 60.5 Å². The van der Waals surface area contributed by atoms with Gasteiger partial charge >= 0.3 is 24.3 Å². The molecular weight excluding hydrogens is 719 g/mol. The maximum atomic E-state index is 16.3. The van der Waals surface area contributed by atoms with E-state index in [1.165, 1.54) is 6.42 Å². The molecule has 53 heavy (non-hydrogen) atoms. The average molecular weight is 756 g/mol. The number of nitrogens with zero attached hydrogens (tertiary/aromatic N) is 2. The first-order valence-electron chi connectivity index (χ1n) is 16.0. The van der Waals surface area contributed by atoms with Crippen LogP contribution in [0, 0.1) is 11.2 Å². The van der Waals surface area contributed by atoms with E-state index in [9.17, 15) is 26.3 Å². The molecule has 0 aliphatic heterocycles. The molecule has 0 unspecified atom stereocenters. The first-order valence-corrected chi connectivity index (χ1v) is 16.0. The lowest BCUT2D eigenvalue weighted by Gasteiger charge is -2.28. The van der Waals surface area contributed by atoms with Crippen molar-refractivity contribution in [3.05, 3.63) is 90.1 Å². The number of ether oxygens (including phenoxy) is 2. The number of rotatable bonds is 10. The number of H-pyrrole nitrogens is 1. The van der Waals surface area contributed by atoms with Gasteiger partial charge in [-0.3, -0.25) is 5.41 Å². The lowest BCUT2D eigenvalue weighted by atomic mass is 9.98. The predicted molar refractivity (Wildman–Crippen MR) is 180 cm³/mol. The van der Waals surface area contributed by atoms with Gasteiger partial charge in [-0.15, -0.1) is 0 Å². The summed E-state index contributed by atoms with van der Waals surface area (Å²) >= 11 is 0. The average Bonchev–Trinajstić information content (AvgIpc) is 3.58. The van der Waals surface area contributed by atoms with Gasteiger partial charge in [0.25, 0.3) is 0 Å². The van der Waals surface area contributed by atoms with Crippen molar-refractivity contribution in [2.24, 2.45) is 5.73 Å². The molecule has 0 amide bonds. The van der Waals surface area contributed by atoms with Crippen molar-refractivity contribution in [3.8, 4) is 22.8 Å². The number of halogens is 7. The van der Waals surface area contributed by atoms with E-state index >= 15 is 4.39 Å². The maximum absolute atomic E-state index is 16.3. The third-order valence-corrected chi connectivity index (χ3v) is 7.42. The number of alkyl halides is 6. The Labute approximate surface area is 298 Å². The molecule has 0 bridgehead atoms. The molecule has 6 N–H and O–H groups in total. The fraction of sp³-hybridized carbons (Fsp3) is 0.314. The van der Waals surface area contributed by atoms with Crippen molar-refractivity contribution in [3.63, 3.8) is 0 Å². The zero-order valence-corrected chi connectivity index (χ0v) is 28.1. The first kappa shape index (κ1) is 41.6. The number of aromatic amines is 1. The molecule has 4 aromatic rings. The summed E-state index contributed by atoms with van der Waals surface area (Å²) in [7, 11) is 0. The lowest BCUT2D eigenvalue weighted by Crippen LogP contribution is -2.22. The van der Waals surface area contributed by atoms with Crippen molar-refractivity contribution in [1.29, 1.82) is 5.41 Å². The predicted octanol–water partition coefficient (Wildman–Crippen LogP) is 8.21. The van der Waals surface area contributed by atoms with Crippen LogP contribution >= 0.6 is 0 Å². The Morgan fingerprint density at radius 3 is 2.02 bits per heavy atom. The van der Waals surface area contributed by atoms with Crippen molar-refractivity contribution < 1.29 is 60.0 Å². The number of anilines is 2. The second kappa shape index (κ2) is 18.6. The minimum Gasteiger partial charge on any atom is -0.494 e. The normalized spacial score (nSPS) is 13.1. The Bertz CT molecular complexity index is 1790. The van der Waals surface area contributed by atoms with Crippen LogP contribution in [0.15, 0.2) is 72.9 Å². The first-order chi connectivity index (χ1) is 24.9. The molecule has 1 saturated carbocycles. The van der Waals surface area contributed by atoms with Gasteiger partial charge in [-0.25, -0.2) is 19.0 Å². The second-order valence-electron chi connectivity index (χ2n) is 11.3.